The normalized spacial score (nSPS) is 19.4. The number of nitrogens with one attached hydrogen (secondary N) is 1. The fourth-order valence-electron chi connectivity index (χ4n) is 3.19. The molecule has 9 heteroatoms. The molecule has 1 aromatic rings. The van der Waals surface area contributed by atoms with E-state index in [2.05, 4.69) is 5.32 Å². The zero-order chi connectivity index (χ0) is 21.8. The Bertz CT molecular complexity index is 832. The minimum absolute atomic E-state index is 0.0829. The van der Waals surface area contributed by atoms with Gasteiger partial charge in [-0.1, -0.05) is 20.8 Å². The summed E-state index contributed by atoms with van der Waals surface area (Å²) in [6.07, 6.45) is 0.589. The van der Waals surface area contributed by atoms with E-state index in [0.29, 0.717) is 25.2 Å². The molecule has 2 atom stereocenters. The van der Waals surface area contributed by atoms with Crippen LogP contribution in [0.4, 0.5) is 5.69 Å². The second-order valence-corrected chi connectivity index (χ2v) is 9.49. The highest BCUT2D eigenvalue weighted by Gasteiger charge is 2.36. The van der Waals surface area contributed by atoms with Crippen LogP contribution in [0.3, 0.4) is 0 Å². The summed E-state index contributed by atoms with van der Waals surface area (Å²) in [5.74, 6) is -0.962. The van der Waals surface area contributed by atoms with E-state index < -0.39 is 21.5 Å². The predicted molar refractivity (Wildman–Crippen MR) is 111 cm³/mol. The minimum Gasteiger partial charge on any atom is -0.388 e. The molecule has 1 aliphatic rings. The Balaban J connectivity index is 2.08. The summed E-state index contributed by atoms with van der Waals surface area (Å²) in [5.41, 5.74) is -0.422. The Kier molecular flexibility index (Phi) is 7.42. The van der Waals surface area contributed by atoms with Crippen LogP contribution in [0.2, 0.25) is 0 Å². The quantitative estimate of drug-likeness (QED) is 0.621. The molecular formula is C20H31N3O5S. The third kappa shape index (κ3) is 5.34. The van der Waals surface area contributed by atoms with Gasteiger partial charge in [0, 0.05) is 38.3 Å². The van der Waals surface area contributed by atoms with Crippen LogP contribution in [0.5, 0.6) is 0 Å². The van der Waals surface area contributed by atoms with Crippen molar-refractivity contribution in [3.05, 3.63) is 24.3 Å². The lowest BCUT2D eigenvalue weighted by Crippen LogP contribution is -2.43. The van der Waals surface area contributed by atoms with E-state index in [4.69, 9.17) is 0 Å². The zero-order valence-electron chi connectivity index (χ0n) is 17.5. The molecule has 1 saturated heterocycles. The van der Waals surface area contributed by atoms with E-state index in [9.17, 15) is 23.1 Å². The number of anilines is 1. The number of benzene rings is 1. The maximum absolute atomic E-state index is 12.6. The first-order valence-electron chi connectivity index (χ1n) is 9.96. The number of hydrogen-bond donors (Lipinski definition) is 2. The lowest BCUT2D eigenvalue weighted by atomic mass is 10.0. The number of carbonyl (C=O) groups excluding carboxylic acids is 2. The molecule has 0 radical (unpaired) electrons. The van der Waals surface area contributed by atoms with Gasteiger partial charge in [-0.05, 0) is 37.6 Å². The van der Waals surface area contributed by atoms with Crippen molar-refractivity contribution < 1.29 is 23.1 Å². The first-order valence-corrected chi connectivity index (χ1v) is 11.4. The van der Waals surface area contributed by atoms with Crippen LogP contribution in [0.25, 0.3) is 0 Å². The molecule has 0 aromatic heterocycles. The van der Waals surface area contributed by atoms with Gasteiger partial charge in [0.05, 0.1) is 16.4 Å². The largest absolute Gasteiger partial charge is 0.388 e. The standard InChI is InChI=1S/C20H31N3O5S/c1-5-20(4,26)14-21-19(25)15-12-18(24)23(13-15)16-8-10-17(11-9-16)29(27,28)22(6-2)7-3/h8-11,15,26H,5-7,12-14H2,1-4H3,(H,21,25)/t15-,20-/m0/s1. The van der Waals surface area contributed by atoms with Crippen LogP contribution in [0, 0.1) is 5.92 Å². The highest BCUT2D eigenvalue weighted by atomic mass is 32.2. The highest BCUT2D eigenvalue weighted by Crippen LogP contribution is 2.27. The van der Waals surface area contributed by atoms with Crippen LogP contribution < -0.4 is 10.2 Å². The summed E-state index contributed by atoms with van der Waals surface area (Å²) in [6, 6.07) is 6.16. The summed E-state index contributed by atoms with van der Waals surface area (Å²) in [7, 11) is -3.56. The lowest BCUT2D eigenvalue weighted by Gasteiger charge is -2.23. The van der Waals surface area contributed by atoms with E-state index in [-0.39, 0.29) is 36.2 Å². The Labute approximate surface area is 172 Å². The number of hydrogen-bond acceptors (Lipinski definition) is 5. The molecule has 1 fully saturated rings. The number of amides is 2. The van der Waals surface area contributed by atoms with Gasteiger partial charge in [0.15, 0.2) is 0 Å². The van der Waals surface area contributed by atoms with Crippen LogP contribution in [-0.2, 0) is 19.6 Å². The number of sulfonamides is 1. The maximum atomic E-state index is 12.6. The monoisotopic (exact) mass is 425 g/mol. The molecular weight excluding hydrogens is 394 g/mol. The van der Waals surface area contributed by atoms with Crippen molar-refractivity contribution in [1.29, 1.82) is 0 Å². The predicted octanol–water partition coefficient (Wildman–Crippen LogP) is 1.35. The molecule has 1 aliphatic heterocycles. The molecule has 0 unspecified atom stereocenters. The van der Waals surface area contributed by atoms with E-state index in [0.717, 1.165) is 0 Å². The van der Waals surface area contributed by atoms with Gasteiger partial charge in [-0.3, -0.25) is 9.59 Å². The van der Waals surface area contributed by atoms with E-state index in [1.54, 1.807) is 32.9 Å². The van der Waals surface area contributed by atoms with Gasteiger partial charge in [-0.2, -0.15) is 4.31 Å². The first kappa shape index (κ1) is 23.3. The van der Waals surface area contributed by atoms with Crippen molar-refractivity contribution in [3.63, 3.8) is 0 Å². The number of nitrogens with zero attached hydrogens (tertiary/aromatic N) is 2. The third-order valence-electron chi connectivity index (χ3n) is 5.39. The van der Waals surface area contributed by atoms with Gasteiger partial charge in [0.2, 0.25) is 21.8 Å². The van der Waals surface area contributed by atoms with Gasteiger partial charge < -0.3 is 15.3 Å². The minimum atomic E-state index is -3.56. The molecule has 2 amide bonds. The Morgan fingerprint density at radius 2 is 1.83 bits per heavy atom. The van der Waals surface area contributed by atoms with Crippen molar-refractivity contribution in [2.75, 3.05) is 31.1 Å². The molecule has 2 rings (SSSR count). The fraction of sp³-hybridized carbons (Fsp3) is 0.600. The fourth-order valence-corrected chi connectivity index (χ4v) is 4.65. The zero-order valence-corrected chi connectivity index (χ0v) is 18.3. The molecule has 0 saturated carbocycles. The second-order valence-electron chi connectivity index (χ2n) is 7.56. The van der Waals surface area contributed by atoms with E-state index in [1.165, 1.54) is 21.3 Å². The summed E-state index contributed by atoms with van der Waals surface area (Å²) in [5, 5.41) is 12.7. The van der Waals surface area contributed by atoms with Gasteiger partial charge in [-0.25, -0.2) is 8.42 Å². The average Bonchev–Trinajstić information content (AvgIpc) is 3.09. The summed E-state index contributed by atoms with van der Waals surface area (Å²) in [4.78, 5) is 26.4. The summed E-state index contributed by atoms with van der Waals surface area (Å²) in [6.45, 7) is 8.16. The van der Waals surface area contributed by atoms with E-state index in [1.807, 2.05) is 6.92 Å². The van der Waals surface area contributed by atoms with Crippen LogP contribution in [-0.4, -0.2) is 61.4 Å². The smallest absolute Gasteiger partial charge is 0.243 e. The molecule has 0 bridgehead atoms. The molecule has 29 heavy (non-hydrogen) atoms. The SMILES string of the molecule is CCN(CC)S(=O)(=O)c1ccc(N2C[C@@H](C(=O)NC[C@@](C)(O)CC)CC2=O)cc1. The topological polar surface area (TPSA) is 107 Å². The van der Waals surface area contributed by atoms with E-state index >= 15 is 0 Å². The van der Waals surface area contributed by atoms with Gasteiger partial charge in [-0.15, -0.1) is 0 Å². The Hall–Kier alpha value is -1.97. The van der Waals surface area contributed by atoms with Crippen molar-refractivity contribution in [1.82, 2.24) is 9.62 Å². The second kappa shape index (κ2) is 9.23. The van der Waals surface area contributed by atoms with Crippen LogP contribution >= 0.6 is 0 Å². The number of carbonyl (C=O) groups is 2. The molecule has 0 spiro atoms. The molecule has 1 heterocycles. The Morgan fingerprint density at radius 1 is 1.24 bits per heavy atom. The molecule has 8 nitrogen and oxygen atoms in total. The molecule has 2 N–H and O–H groups in total. The van der Waals surface area contributed by atoms with Crippen LogP contribution in [0.1, 0.15) is 40.5 Å². The van der Waals surface area contributed by atoms with Gasteiger partial charge in [0.1, 0.15) is 0 Å². The summed E-state index contributed by atoms with van der Waals surface area (Å²) >= 11 is 0. The van der Waals surface area contributed by atoms with Crippen LogP contribution in [0.15, 0.2) is 29.2 Å². The molecule has 162 valence electrons. The molecule has 1 aromatic carbocycles. The number of aliphatic hydroxyl groups is 1. The first-order chi connectivity index (χ1) is 13.6. The molecule has 0 aliphatic carbocycles. The van der Waals surface area contributed by atoms with Crippen molar-refractivity contribution in [2.24, 2.45) is 5.92 Å². The van der Waals surface area contributed by atoms with Crippen molar-refractivity contribution in [2.45, 2.75) is 51.0 Å². The van der Waals surface area contributed by atoms with Crippen molar-refractivity contribution >= 4 is 27.5 Å². The lowest BCUT2D eigenvalue weighted by molar-refractivity contribution is -0.127. The highest BCUT2D eigenvalue weighted by molar-refractivity contribution is 7.89. The number of rotatable bonds is 9. The van der Waals surface area contributed by atoms with Gasteiger partial charge in [0.25, 0.3) is 0 Å². The average molecular weight is 426 g/mol. The Morgan fingerprint density at radius 3 is 2.34 bits per heavy atom. The summed E-state index contributed by atoms with van der Waals surface area (Å²) < 4.78 is 26.5. The van der Waals surface area contributed by atoms with Gasteiger partial charge >= 0.3 is 0 Å². The maximum Gasteiger partial charge on any atom is 0.243 e. The third-order valence-corrected chi connectivity index (χ3v) is 7.46. The van der Waals surface area contributed by atoms with Crippen molar-refractivity contribution in [3.8, 4) is 0 Å².